The fraction of sp³-hybridized carbons (Fsp3) is 0.615. The van der Waals surface area contributed by atoms with E-state index in [0.717, 1.165) is 12.8 Å². The van der Waals surface area contributed by atoms with E-state index in [1.807, 2.05) is 18.9 Å². The van der Waals surface area contributed by atoms with Crippen LogP contribution in [0.5, 0.6) is 0 Å². The molecule has 1 fully saturated rings. The molecule has 1 aliphatic rings. The summed E-state index contributed by atoms with van der Waals surface area (Å²) >= 11 is 0. The molecule has 0 bridgehead atoms. The number of aliphatic hydroxyl groups is 1. The number of nitrogens with one attached hydrogen (secondary N) is 1. The van der Waals surface area contributed by atoms with Gasteiger partial charge in [0.15, 0.2) is 11.5 Å². The molecule has 1 amide bonds. The molecule has 1 aromatic heterocycles. The fourth-order valence-electron chi connectivity index (χ4n) is 1.91. The van der Waals surface area contributed by atoms with Gasteiger partial charge < -0.3 is 15.3 Å². The highest BCUT2D eigenvalue weighted by Crippen LogP contribution is 2.33. The highest BCUT2D eigenvalue weighted by molar-refractivity contribution is 5.92. The summed E-state index contributed by atoms with van der Waals surface area (Å²) in [4.78, 5) is 13.4. The van der Waals surface area contributed by atoms with E-state index in [9.17, 15) is 9.90 Å². The standard InChI is InChI=1S/C13H20N4O2/c1-3-14-13(19)10-6-7-12(16-15-10)17(2)8-11(18)9-4-5-9/h6-7,9,11,18H,3-5,8H2,1-2H3,(H,14,19)/t11-/m0/s1. The summed E-state index contributed by atoms with van der Waals surface area (Å²) in [5, 5.41) is 20.5. The predicted octanol–water partition coefficient (Wildman–Crippen LogP) is 0.433. The van der Waals surface area contributed by atoms with Gasteiger partial charge in [-0.2, -0.15) is 0 Å². The Bertz CT molecular complexity index is 431. The van der Waals surface area contributed by atoms with E-state index in [1.54, 1.807) is 12.1 Å². The topological polar surface area (TPSA) is 78.4 Å². The van der Waals surface area contributed by atoms with Crippen LogP contribution < -0.4 is 10.2 Å². The molecule has 0 spiro atoms. The lowest BCUT2D eigenvalue weighted by Crippen LogP contribution is -2.31. The predicted molar refractivity (Wildman–Crippen MR) is 72.0 cm³/mol. The van der Waals surface area contributed by atoms with Crippen molar-refractivity contribution >= 4 is 11.7 Å². The molecule has 1 heterocycles. The summed E-state index contributed by atoms with van der Waals surface area (Å²) in [6.45, 7) is 2.96. The molecule has 1 atom stereocenters. The second kappa shape index (κ2) is 5.97. The molecular formula is C13H20N4O2. The highest BCUT2D eigenvalue weighted by atomic mass is 16.3. The first-order valence-electron chi connectivity index (χ1n) is 6.63. The van der Waals surface area contributed by atoms with Crippen LogP contribution in [0.2, 0.25) is 0 Å². The van der Waals surface area contributed by atoms with Gasteiger partial charge in [0.2, 0.25) is 0 Å². The molecule has 2 N–H and O–H groups in total. The van der Waals surface area contributed by atoms with E-state index in [-0.39, 0.29) is 12.0 Å². The first-order valence-corrected chi connectivity index (χ1v) is 6.63. The van der Waals surface area contributed by atoms with Crippen LogP contribution in [0, 0.1) is 5.92 Å². The maximum atomic E-state index is 11.5. The van der Waals surface area contributed by atoms with Crippen molar-refractivity contribution in [2.45, 2.75) is 25.9 Å². The number of rotatable bonds is 6. The van der Waals surface area contributed by atoms with Gasteiger partial charge in [-0.1, -0.05) is 0 Å². The third-order valence-electron chi connectivity index (χ3n) is 3.24. The Morgan fingerprint density at radius 3 is 2.79 bits per heavy atom. The minimum Gasteiger partial charge on any atom is -0.391 e. The highest BCUT2D eigenvalue weighted by Gasteiger charge is 2.30. The fourth-order valence-corrected chi connectivity index (χ4v) is 1.91. The van der Waals surface area contributed by atoms with Crippen molar-refractivity contribution in [1.29, 1.82) is 0 Å². The molecule has 6 heteroatoms. The van der Waals surface area contributed by atoms with Crippen molar-refractivity contribution in [2.75, 3.05) is 25.0 Å². The third kappa shape index (κ3) is 3.64. The number of carbonyl (C=O) groups is 1. The lowest BCUT2D eigenvalue weighted by atomic mass is 10.2. The number of aromatic nitrogens is 2. The Labute approximate surface area is 112 Å². The van der Waals surface area contributed by atoms with Crippen LogP contribution in [0.25, 0.3) is 0 Å². The van der Waals surface area contributed by atoms with Crippen LogP contribution in [0.15, 0.2) is 12.1 Å². The zero-order valence-electron chi connectivity index (χ0n) is 11.3. The third-order valence-corrected chi connectivity index (χ3v) is 3.24. The molecule has 0 radical (unpaired) electrons. The second-order valence-corrected chi connectivity index (χ2v) is 4.92. The first-order chi connectivity index (χ1) is 9.11. The summed E-state index contributed by atoms with van der Waals surface area (Å²) < 4.78 is 0. The molecule has 6 nitrogen and oxygen atoms in total. The molecule has 19 heavy (non-hydrogen) atoms. The van der Waals surface area contributed by atoms with Crippen LogP contribution in [-0.2, 0) is 0 Å². The van der Waals surface area contributed by atoms with Crippen molar-refractivity contribution in [1.82, 2.24) is 15.5 Å². The molecule has 0 saturated heterocycles. The molecule has 1 aromatic rings. The number of hydrogen-bond donors (Lipinski definition) is 2. The zero-order valence-corrected chi connectivity index (χ0v) is 11.3. The van der Waals surface area contributed by atoms with Crippen LogP contribution in [0.1, 0.15) is 30.3 Å². The number of carbonyl (C=O) groups excluding carboxylic acids is 1. The van der Waals surface area contributed by atoms with Crippen LogP contribution in [-0.4, -0.2) is 47.5 Å². The van der Waals surface area contributed by atoms with Crippen molar-refractivity contribution in [3.63, 3.8) is 0 Å². The normalized spacial score (nSPS) is 15.9. The summed E-state index contributed by atoms with van der Waals surface area (Å²) in [6.07, 6.45) is 1.91. The number of hydrogen-bond acceptors (Lipinski definition) is 5. The SMILES string of the molecule is CCNC(=O)c1ccc(N(C)C[C@H](O)C2CC2)nn1. The summed E-state index contributed by atoms with van der Waals surface area (Å²) in [6, 6.07) is 3.39. The Balaban J connectivity index is 1.94. The minimum absolute atomic E-state index is 0.220. The van der Waals surface area contributed by atoms with Crippen LogP contribution in [0.4, 0.5) is 5.82 Å². The number of anilines is 1. The monoisotopic (exact) mass is 264 g/mol. The van der Waals surface area contributed by atoms with Gasteiger partial charge >= 0.3 is 0 Å². The van der Waals surface area contributed by atoms with Crippen molar-refractivity contribution in [3.05, 3.63) is 17.8 Å². The van der Waals surface area contributed by atoms with Gasteiger partial charge in [0, 0.05) is 20.1 Å². The molecule has 0 aromatic carbocycles. The average molecular weight is 264 g/mol. The van der Waals surface area contributed by atoms with Crippen molar-refractivity contribution in [3.8, 4) is 0 Å². The first kappa shape index (κ1) is 13.7. The number of nitrogens with zero attached hydrogens (tertiary/aromatic N) is 3. The molecule has 104 valence electrons. The molecule has 2 rings (SSSR count). The minimum atomic E-state index is -0.310. The Hall–Kier alpha value is -1.69. The Morgan fingerprint density at radius 1 is 1.53 bits per heavy atom. The number of amides is 1. The lowest BCUT2D eigenvalue weighted by molar-refractivity contribution is 0.0949. The van der Waals surface area contributed by atoms with Gasteiger partial charge in [-0.3, -0.25) is 4.79 Å². The van der Waals surface area contributed by atoms with Crippen LogP contribution >= 0.6 is 0 Å². The van der Waals surface area contributed by atoms with Gasteiger partial charge in [-0.05, 0) is 37.8 Å². The smallest absolute Gasteiger partial charge is 0.271 e. The van der Waals surface area contributed by atoms with E-state index in [1.165, 1.54) is 0 Å². The molecule has 1 aliphatic carbocycles. The molecular weight excluding hydrogens is 244 g/mol. The molecule has 0 aliphatic heterocycles. The van der Waals surface area contributed by atoms with Crippen molar-refractivity contribution in [2.24, 2.45) is 5.92 Å². The number of likely N-dealkylation sites (N-methyl/N-ethyl adjacent to an activating group) is 1. The Morgan fingerprint density at radius 2 is 2.26 bits per heavy atom. The van der Waals surface area contributed by atoms with E-state index in [4.69, 9.17) is 0 Å². The quantitative estimate of drug-likeness (QED) is 0.779. The average Bonchev–Trinajstić information content (AvgIpc) is 3.23. The van der Waals surface area contributed by atoms with E-state index in [0.29, 0.717) is 30.5 Å². The Kier molecular flexibility index (Phi) is 4.31. The van der Waals surface area contributed by atoms with E-state index in [2.05, 4.69) is 15.5 Å². The van der Waals surface area contributed by atoms with E-state index < -0.39 is 0 Å². The maximum absolute atomic E-state index is 11.5. The van der Waals surface area contributed by atoms with Gasteiger partial charge in [-0.25, -0.2) is 0 Å². The van der Waals surface area contributed by atoms with Gasteiger partial charge in [0.1, 0.15) is 0 Å². The molecule has 1 saturated carbocycles. The van der Waals surface area contributed by atoms with Gasteiger partial charge in [0.05, 0.1) is 6.10 Å². The van der Waals surface area contributed by atoms with Gasteiger partial charge in [-0.15, -0.1) is 10.2 Å². The number of aliphatic hydroxyl groups excluding tert-OH is 1. The summed E-state index contributed by atoms with van der Waals surface area (Å²) in [5.41, 5.74) is 0.307. The van der Waals surface area contributed by atoms with Crippen molar-refractivity contribution < 1.29 is 9.90 Å². The summed E-state index contributed by atoms with van der Waals surface area (Å²) in [5.74, 6) is 0.875. The van der Waals surface area contributed by atoms with E-state index >= 15 is 0 Å². The summed E-state index contributed by atoms with van der Waals surface area (Å²) in [7, 11) is 1.86. The largest absolute Gasteiger partial charge is 0.391 e. The zero-order chi connectivity index (χ0) is 13.8. The molecule has 0 unspecified atom stereocenters. The maximum Gasteiger partial charge on any atom is 0.271 e. The van der Waals surface area contributed by atoms with Gasteiger partial charge in [0.25, 0.3) is 5.91 Å². The van der Waals surface area contributed by atoms with Crippen LogP contribution in [0.3, 0.4) is 0 Å². The second-order valence-electron chi connectivity index (χ2n) is 4.92. The lowest BCUT2D eigenvalue weighted by Gasteiger charge is -2.21.